The number of carbonyl (C=O) groups is 2. The number of amides is 2. The van der Waals surface area contributed by atoms with E-state index in [4.69, 9.17) is 10.5 Å². The predicted molar refractivity (Wildman–Crippen MR) is 104 cm³/mol. The van der Waals surface area contributed by atoms with Crippen LogP contribution in [0.5, 0.6) is 5.75 Å². The average molecular weight is 366 g/mol. The van der Waals surface area contributed by atoms with E-state index in [1.807, 2.05) is 13.8 Å². The lowest BCUT2D eigenvalue weighted by Crippen LogP contribution is -2.44. The van der Waals surface area contributed by atoms with E-state index in [1.54, 1.807) is 48.8 Å². The Bertz CT molecular complexity index is 878. The molecule has 0 spiro atoms. The van der Waals surface area contributed by atoms with Crippen LogP contribution in [-0.2, 0) is 9.59 Å². The monoisotopic (exact) mass is 366 g/mol. The summed E-state index contributed by atoms with van der Waals surface area (Å²) >= 11 is 0. The molecule has 0 fully saturated rings. The Morgan fingerprint density at radius 1 is 1.30 bits per heavy atom. The Morgan fingerprint density at radius 3 is 2.74 bits per heavy atom. The van der Waals surface area contributed by atoms with E-state index in [-0.39, 0.29) is 24.1 Å². The van der Waals surface area contributed by atoms with Gasteiger partial charge in [0.15, 0.2) is 11.5 Å². The van der Waals surface area contributed by atoms with Crippen LogP contribution in [0.3, 0.4) is 0 Å². The van der Waals surface area contributed by atoms with Crippen LogP contribution >= 0.6 is 0 Å². The zero-order valence-electron chi connectivity index (χ0n) is 15.3. The molecule has 2 amide bonds. The quantitative estimate of drug-likeness (QED) is 0.624. The van der Waals surface area contributed by atoms with Gasteiger partial charge >= 0.3 is 0 Å². The largest absolute Gasteiger partial charge is 0.449 e. The van der Waals surface area contributed by atoms with Crippen molar-refractivity contribution in [2.75, 3.05) is 23.7 Å². The van der Waals surface area contributed by atoms with E-state index in [2.05, 4.69) is 10.3 Å². The summed E-state index contributed by atoms with van der Waals surface area (Å²) in [5.41, 5.74) is 7.64. The van der Waals surface area contributed by atoms with Crippen molar-refractivity contribution in [3.8, 4) is 5.75 Å². The minimum atomic E-state index is -0.385. The third-order valence-electron chi connectivity index (χ3n) is 3.96. The molecule has 0 unspecified atom stereocenters. The second kappa shape index (κ2) is 7.90. The number of benzene rings is 1. The lowest BCUT2D eigenvalue weighted by molar-refractivity contribution is -0.123. The molecule has 1 aromatic carbocycles. The second-order valence-electron chi connectivity index (χ2n) is 6.71. The molecule has 7 heteroatoms. The Morgan fingerprint density at radius 2 is 2.04 bits per heavy atom. The van der Waals surface area contributed by atoms with Crippen molar-refractivity contribution in [2.45, 2.75) is 13.8 Å². The number of nitrogens with zero attached hydrogens (tertiary/aromatic N) is 2. The van der Waals surface area contributed by atoms with Gasteiger partial charge in [0.2, 0.25) is 5.91 Å². The fraction of sp³-hybridized carbons (Fsp3) is 0.250. The first-order valence-corrected chi connectivity index (χ1v) is 8.71. The fourth-order valence-corrected chi connectivity index (χ4v) is 2.62. The van der Waals surface area contributed by atoms with E-state index in [9.17, 15) is 9.59 Å². The molecular weight excluding hydrogens is 344 g/mol. The lowest BCUT2D eigenvalue weighted by atomic mass is 10.1. The van der Waals surface area contributed by atoms with Gasteiger partial charge in [0.25, 0.3) is 5.91 Å². The SMILES string of the molecule is CC(C)CNC(=O)CN1C(=O)/C(=C\c2ccncc2)Oc2cc(N)ccc21. The van der Waals surface area contributed by atoms with Gasteiger partial charge in [0.05, 0.1) is 5.69 Å². The van der Waals surface area contributed by atoms with E-state index >= 15 is 0 Å². The summed E-state index contributed by atoms with van der Waals surface area (Å²) in [7, 11) is 0. The number of nitrogens with one attached hydrogen (secondary N) is 1. The third-order valence-corrected chi connectivity index (χ3v) is 3.96. The van der Waals surface area contributed by atoms with Crippen molar-refractivity contribution < 1.29 is 14.3 Å². The van der Waals surface area contributed by atoms with Gasteiger partial charge in [-0.3, -0.25) is 19.5 Å². The number of pyridine rings is 1. The number of anilines is 2. The maximum atomic E-state index is 13.0. The van der Waals surface area contributed by atoms with E-state index < -0.39 is 0 Å². The molecule has 3 N–H and O–H groups in total. The first-order valence-electron chi connectivity index (χ1n) is 8.71. The summed E-state index contributed by atoms with van der Waals surface area (Å²) in [5, 5.41) is 2.83. The lowest BCUT2D eigenvalue weighted by Gasteiger charge is -2.30. The summed E-state index contributed by atoms with van der Waals surface area (Å²) in [4.78, 5) is 30.6. The van der Waals surface area contributed by atoms with Crippen molar-refractivity contribution in [3.63, 3.8) is 0 Å². The Labute approximate surface area is 157 Å². The number of hydrogen-bond acceptors (Lipinski definition) is 5. The van der Waals surface area contributed by atoms with Gasteiger partial charge in [0, 0.05) is 30.7 Å². The Hall–Kier alpha value is -3.35. The van der Waals surface area contributed by atoms with Crippen LogP contribution in [0.2, 0.25) is 0 Å². The van der Waals surface area contributed by atoms with Crippen LogP contribution in [0, 0.1) is 5.92 Å². The van der Waals surface area contributed by atoms with Crippen LogP contribution < -0.4 is 20.7 Å². The molecule has 0 saturated heterocycles. The van der Waals surface area contributed by atoms with E-state index in [1.165, 1.54) is 4.90 Å². The highest BCUT2D eigenvalue weighted by Crippen LogP contribution is 2.37. The number of nitrogen functional groups attached to an aromatic ring is 1. The van der Waals surface area contributed by atoms with E-state index in [0.29, 0.717) is 29.6 Å². The Balaban J connectivity index is 1.92. The number of fused-ring (bicyclic) bond motifs is 1. The molecule has 0 bridgehead atoms. The minimum absolute atomic E-state index is 0.0977. The molecule has 3 rings (SSSR count). The molecule has 1 aliphatic heterocycles. The van der Waals surface area contributed by atoms with Crippen molar-refractivity contribution in [1.82, 2.24) is 10.3 Å². The number of ether oxygens (including phenoxy) is 1. The van der Waals surface area contributed by atoms with Gasteiger partial charge in [-0.2, -0.15) is 0 Å². The topological polar surface area (TPSA) is 97.5 Å². The summed E-state index contributed by atoms with van der Waals surface area (Å²) in [6, 6.07) is 8.52. The maximum Gasteiger partial charge on any atom is 0.294 e. The summed E-state index contributed by atoms with van der Waals surface area (Å²) in [6.07, 6.45) is 4.88. The molecule has 1 aliphatic rings. The van der Waals surface area contributed by atoms with Crippen LogP contribution in [0.25, 0.3) is 6.08 Å². The number of nitrogens with two attached hydrogens (primary N) is 1. The highest BCUT2D eigenvalue weighted by molar-refractivity contribution is 6.12. The zero-order valence-corrected chi connectivity index (χ0v) is 15.3. The molecule has 0 radical (unpaired) electrons. The Kier molecular flexibility index (Phi) is 5.40. The first kappa shape index (κ1) is 18.4. The molecule has 2 heterocycles. The van der Waals surface area contributed by atoms with Gasteiger partial charge in [-0.25, -0.2) is 0 Å². The molecule has 27 heavy (non-hydrogen) atoms. The van der Waals surface area contributed by atoms with Crippen molar-refractivity contribution in [3.05, 3.63) is 54.0 Å². The van der Waals surface area contributed by atoms with Gasteiger partial charge in [-0.15, -0.1) is 0 Å². The van der Waals surface area contributed by atoms with Gasteiger partial charge in [0.1, 0.15) is 6.54 Å². The summed E-state index contributed by atoms with van der Waals surface area (Å²) in [5.74, 6) is 0.264. The van der Waals surface area contributed by atoms with Crippen LogP contribution in [0.4, 0.5) is 11.4 Å². The number of carbonyl (C=O) groups excluding carboxylic acids is 2. The second-order valence-corrected chi connectivity index (χ2v) is 6.71. The van der Waals surface area contributed by atoms with Gasteiger partial charge in [-0.05, 0) is 41.8 Å². The first-order chi connectivity index (χ1) is 12.9. The van der Waals surface area contributed by atoms with Gasteiger partial charge in [-0.1, -0.05) is 13.8 Å². The average Bonchev–Trinajstić information content (AvgIpc) is 2.64. The third kappa shape index (κ3) is 4.44. The van der Waals surface area contributed by atoms with Crippen molar-refractivity contribution >= 4 is 29.3 Å². The highest BCUT2D eigenvalue weighted by atomic mass is 16.5. The molecule has 7 nitrogen and oxygen atoms in total. The molecule has 140 valence electrons. The summed E-state index contributed by atoms with van der Waals surface area (Å²) < 4.78 is 5.78. The predicted octanol–water partition coefficient (Wildman–Crippen LogP) is 2.20. The van der Waals surface area contributed by atoms with Crippen molar-refractivity contribution in [2.24, 2.45) is 5.92 Å². The summed E-state index contributed by atoms with van der Waals surface area (Å²) in [6.45, 7) is 4.47. The van der Waals surface area contributed by atoms with Crippen LogP contribution in [-0.4, -0.2) is 29.9 Å². The molecule has 0 saturated carbocycles. The number of rotatable bonds is 5. The molecular formula is C20H22N4O3. The zero-order chi connectivity index (χ0) is 19.4. The molecule has 0 atom stereocenters. The molecule has 2 aromatic rings. The van der Waals surface area contributed by atoms with Crippen LogP contribution in [0.1, 0.15) is 19.4 Å². The maximum absolute atomic E-state index is 13.0. The smallest absolute Gasteiger partial charge is 0.294 e. The molecule has 0 aliphatic carbocycles. The minimum Gasteiger partial charge on any atom is -0.449 e. The van der Waals surface area contributed by atoms with Crippen molar-refractivity contribution in [1.29, 1.82) is 0 Å². The highest BCUT2D eigenvalue weighted by Gasteiger charge is 2.31. The van der Waals surface area contributed by atoms with Crippen LogP contribution in [0.15, 0.2) is 48.5 Å². The fourth-order valence-electron chi connectivity index (χ4n) is 2.62. The van der Waals surface area contributed by atoms with Gasteiger partial charge < -0.3 is 15.8 Å². The normalized spacial score (nSPS) is 14.9. The van der Waals surface area contributed by atoms with E-state index in [0.717, 1.165) is 5.56 Å². The number of hydrogen-bond donors (Lipinski definition) is 2. The number of aromatic nitrogens is 1. The standard InChI is InChI=1S/C20H22N4O3/c1-13(2)11-23-19(25)12-24-16-4-3-15(21)10-17(16)27-18(20(24)26)9-14-5-7-22-8-6-14/h3-10,13H,11-12,21H2,1-2H3,(H,23,25)/b18-9+. The molecule has 1 aromatic heterocycles.